The molecule has 3 rings (SSSR count). The lowest BCUT2D eigenvalue weighted by atomic mass is 9.86. The number of aromatic nitrogens is 1. The Labute approximate surface area is 149 Å². The summed E-state index contributed by atoms with van der Waals surface area (Å²) in [5.41, 5.74) is 4.15. The topological polar surface area (TPSA) is 34.0 Å². The molecule has 1 unspecified atom stereocenters. The standard InChI is InChI=1S/C22H24N2O/c1-16-14-15-20(24(16)3)22(25)23-17(2)21(18-10-6-4-7-11-18)19-12-8-5-9-13-19/h4-15,17,21H,1-3H3,(H,23,25). The second-order valence-corrected chi connectivity index (χ2v) is 6.48. The zero-order chi connectivity index (χ0) is 17.8. The summed E-state index contributed by atoms with van der Waals surface area (Å²) in [7, 11) is 1.92. The first-order valence-corrected chi connectivity index (χ1v) is 8.61. The van der Waals surface area contributed by atoms with Crippen LogP contribution in [0.5, 0.6) is 0 Å². The molecule has 3 nitrogen and oxygen atoms in total. The molecule has 0 saturated carbocycles. The van der Waals surface area contributed by atoms with Crippen LogP contribution >= 0.6 is 0 Å². The van der Waals surface area contributed by atoms with Gasteiger partial charge in [-0.05, 0) is 37.1 Å². The number of amides is 1. The van der Waals surface area contributed by atoms with Crippen LogP contribution in [-0.2, 0) is 7.05 Å². The van der Waals surface area contributed by atoms with Crippen molar-refractivity contribution in [3.8, 4) is 0 Å². The van der Waals surface area contributed by atoms with Gasteiger partial charge in [-0.3, -0.25) is 4.79 Å². The average molecular weight is 332 g/mol. The van der Waals surface area contributed by atoms with Crippen molar-refractivity contribution in [2.75, 3.05) is 0 Å². The van der Waals surface area contributed by atoms with Crippen LogP contribution in [0.4, 0.5) is 0 Å². The van der Waals surface area contributed by atoms with E-state index in [1.807, 2.05) is 67.1 Å². The van der Waals surface area contributed by atoms with Crippen molar-refractivity contribution in [2.45, 2.75) is 25.8 Å². The van der Waals surface area contributed by atoms with Crippen molar-refractivity contribution < 1.29 is 4.79 Å². The van der Waals surface area contributed by atoms with E-state index in [2.05, 4.69) is 36.5 Å². The zero-order valence-electron chi connectivity index (χ0n) is 14.9. The SMILES string of the molecule is Cc1ccc(C(=O)NC(C)C(c2ccccc2)c2ccccc2)n1C. The predicted molar refractivity (Wildman–Crippen MR) is 102 cm³/mol. The van der Waals surface area contributed by atoms with E-state index in [1.54, 1.807) is 0 Å². The Kier molecular flexibility index (Phi) is 5.03. The van der Waals surface area contributed by atoms with Crippen LogP contribution < -0.4 is 5.32 Å². The summed E-state index contributed by atoms with van der Waals surface area (Å²) in [5.74, 6) is 0.0627. The van der Waals surface area contributed by atoms with Crippen molar-refractivity contribution >= 4 is 5.91 Å². The van der Waals surface area contributed by atoms with Crippen LogP contribution in [0.3, 0.4) is 0 Å². The number of hydrogen-bond acceptors (Lipinski definition) is 1. The second-order valence-electron chi connectivity index (χ2n) is 6.48. The lowest BCUT2D eigenvalue weighted by molar-refractivity contribution is 0.0928. The Morgan fingerprint density at radius 2 is 1.40 bits per heavy atom. The second kappa shape index (κ2) is 7.39. The molecular weight excluding hydrogens is 308 g/mol. The molecule has 128 valence electrons. The molecule has 1 N–H and O–H groups in total. The quantitative estimate of drug-likeness (QED) is 0.743. The maximum atomic E-state index is 12.7. The lowest BCUT2D eigenvalue weighted by Gasteiger charge is -2.26. The van der Waals surface area contributed by atoms with Gasteiger partial charge in [-0.1, -0.05) is 60.7 Å². The largest absolute Gasteiger partial charge is 0.347 e. The van der Waals surface area contributed by atoms with Crippen LogP contribution in [0.2, 0.25) is 0 Å². The van der Waals surface area contributed by atoms with Gasteiger partial charge in [-0.25, -0.2) is 0 Å². The Bertz CT molecular complexity index is 797. The Morgan fingerprint density at radius 3 is 1.84 bits per heavy atom. The van der Waals surface area contributed by atoms with Crippen molar-refractivity contribution in [1.82, 2.24) is 9.88 Å². The Morgan fingerprint density at radius 1 is 0.880 bits per heavy atom. The van der Waals surface area contributed by atoms with E-state index in [-0.39, 0.29) is 17.9 Å². The van der Waals surface area contributed by atoms with Crippen molar-refractivity contribution in [3.63, 3.8) is 0 Å². The van der Waals surface area contributed by atoms with Gasteiger partial charge in [-0.15, -0.1) is 0 Å². The number of rotatable bonds is 5. The summed E-state index contributed by atoms with van der Waals surface area (Å²) in [6.07, 6.45) is 0. The molecule has 1 heterocycles. The van der Waals surface area contributed by atoms with Gasteiger partial charge in [0.25, 0.3) is 5.91 Å². The third kappa shape index (κ3) is 3.66. The summed E-state index contributed by atoms with van der Waals surface area (Å²) in [5, 5.41) is 3.19. The van der Waals surface area contributed by atoms with Crippen molar-refractivity contribution in [1.29, 1.82) is 0 Å². The third-order valence-electron chi connectivity index (χ3n) is 4.78. The molecule has 3 aromatic rings. The predicted octanol–water partition coefficient (Wildman–Crippen LogP) is 4.28. The molecule has 0 bridgehead atoms. The molecule has 3 heteroatoms. The van der Waals surface area contributed by atoms with E-state index in [0.717, 1.165) is 5.69 Å². The molecule has 1 atom stereocenters. The van der Waals surface area contributed by atoms with E-state index < -0.39 is 0 Å². The molecule has 0 aliphatic heterocycles. The van der Waals surface area contributed by atoms with Crippen molar-refractivity contribution in [2.24, 2.45) is 7.05 Å². The van der Waals surface area contributed by atoms with Gasteiger partial charge in [0, 0.05) is 24.7 Å². The van der Waals surface area contributed by atoms with Gasteiger partial charge in [0.1, 0.15) is 5.69 Å². The first-order chi connectivity index (χ1) is 12.1. The van der Waals surface area contributed by atoms with Gasteiger partial charge >= 0.3 is 0 Å². The van der Waals surface area contributed by atoms with Crippen LogP contribution in [-0.4, -0.2) is 16.5 Å². The normalized spacial score (nSPS) is 12.2. The number of hydrogen-bond donors (Lipinski definition) is 1. The minimum atomic E-state index is -0.0417. The molecule has 0 fully saturated rings. The molecule has 0 saturated heterocycles. The van der Waals surface area contributed by atoms with Gasteiger partial charge in [0.05, 0.1) is 0 Å². The molecule has 0 aliphatic rings. The molecular formula is C22H24N2O. The van der Waals surface area contributed by atoms with Gasteiger partial charge in [0.15, 0.2) is 0 Å². The van der Waals surface area contributed by atoms with Crippen LogP contribution in [0.1, 0.15) is 40.2 Å². The molecule has 0 radical (unpaired) electrons. The van der Waals surface area contributed by atoms with Gasteiger partial charge in [0.2, 0.25) is 0 Å². The summed E-state index contributed by atoms with van der Waals surface area (Å²) in [6, 6.07) is 24.5. The third-order valence-corrected chi connectivity index (χ3v) is 4.78. The van der Waals surface area contributed by atoms with E-state index in [1.165, 1.54) is 11.1 Å². The number of carbonyl (C=O) groups is 1. The summed E-state index contributed by atoms with van der Waals surface area (Å²) >= 11 is 0. The fourth-order valence-corrected chi connectivity index (χ4v) is 3.30. The number of nitrogens with one attached hydrogen (secondary N) is 1. The Balaban J connectivity index is 1.88. The van der Waals surface area contributed by atoms with Crippen LogP contribution in [0, 0.1) is 6.92 Å². The summed E-state index contributed by atoms with van der Waals surface area (Å²) in [4.78, 5) is 12.7. The van der Waals surface area contributed by atoms with Crippen LogP contribution in [0.15, 0.2) is 72.8 Å². The molecule has 1 aromatic heterocycles. The molecule has 0 aliphatic carbocycles. The van der Waals surface area contributed by atoms with Crippen LogP contribution in [0.25, 0.3) is 0 Å². The fraction of sp³-hybridized carbons (Fsp3) is 0.227. The number of carbonyl (C=O) groups excluding carboxylic acids is 1. The van der Waals surface area contributed by atoms with Gasteiger partial charge in [-0.2, -0.15) is 0 Å². The Hall–Kier alpha value is -2.81. The highest BCUT2D eigenvalue weighted by atomic mass is 16.2. The fourth-order valence-electron chi connectivity index (χ4n) is 3.30. The average Bonchev–Trinajstić information content (AvgIpc) is 2.96. The van der Waals surface area contributed by atoms with Gasteiger partial charge < -0.3 is 9.88 Å². The number of benzene rings is 2. The van der Waals surface area contributed by atoms with E-state index in [9.17, 15) is 4.79 Å². The number of aryl methyl sites for hydroxylation is 1. The first kappa shape index (κ1) is 17.0. The molecule has 0 spiro atoms. The van der Waals surface area contributed by atoms with E-state index in [4.69, 9.17) is 0 Å². The molecule has 2 aromatic carbocycles. The lowest BCUT2D eigenvalue weighted by Crippen LogP contribution is -2.38. The zero-order valence-corrected chi connectivity index (χ0v) is 14.9. The highest BCUT2D eigenvalue weighted by Gasteiger charge is 2.24. The van der Waals surface area contributed by atoms with E-state index in [0.29, 0.717) is 5.69 Å². The highest BCUT2D eigenvalue weighted by Crippen LogP contribution is 2.28. The maximum absolute atomic E-state index is 12.7. The molecule has 25 heavy (non-hydrogen) atoms. The summed E-state index contributed by atoms with van der Waals surface area (Å²) < 4.78 is 1.92. The maximum Gasteiger partial charge on any atom is 0.268 e. The minimum Gasteiger partial charge on any atom is -0.347 e. The smallest absolute Gasteiger partial charge is 0.268 e. The monoisotopic (exact) mass is 332 g/mol. The highest BCUT2D eigenvalue weighted by molar-refractivity contribution is 5.93. The number of nitrogens with zero attached hydrogens (tertiary/aromatic N) is 1. The van der Waals surface area contributed by atoms with Crippen molar-refractivity contribution in [3.05, 3.63) is 95.3 Å². The first-order valence-electron chi connectivity index (χ1n) is 8.61. The summed E-state index contributed by atoms with van der Waals surface area (Å²) in [6.45, 7) is 4.06. The van der Waals surface area contributed by atoms with E-state index >= 15 is 0 Å². The minimum absolute atomic E-state index is 0.0347. The molecule has 1 amide bonds.